The summed E-state index contributed by atoms with van der Waals surface area (Å²) in [5.74, 6) is 0.863. The van der Waals surface area contributed by atoms with Gasteiger partial charge in [0.05, 0.1) is 18.1 Å². The van der Waals surface area contributed by atoms with Crippen LogP contribution < -0.4 is 10.5 Å². The predicted octanol–water partition coefficient (Wildman–Crippen LogP) is 4.72. The Labute approximate surface area is 152 Å². The van der Waals surface area contributed by atoms with Crippen molar-refractivity contribution < 1.29 is 4.74 Å². The molecule has 0 saturated heterocycles. The van der Waals surface area contributed by atoms with Gasteiger partial charge < -0.3 is 10.5 Å². The van der Waals surface area contributed by atoms with E-state index in [2.05, 4.69) is 58.1 Å². The van der Waals surface area contributed by atoms with Crippen LogP contribution in [0, 0.1) is 0 Å². The topological polar surface area (TPSA) is 53.1 Å². The van der Waals surface area contributed by atoms with Crippen molar-refractivity contribution in [3.63, 3.8) is 0 Å². The van der Waals surface area contributed by atoms with Crippen molar-refractivity contribution in [3.05, 3.63) is 78.6 Å². The van der Waals surface area contributed by atoms with Crippen LogP contribution in [0.25, 0.3) is 27.8 Å². The molecule has 0 fully saturated rings. The molecule has 3 aromatic carbocycles. The number of hydrogen-bond donors (Lipinski definition) is 1. The van der Waals surface area contributed by atoms with E-state index in [0.717, 1.165) is 39.2 Å². The lowest BCUT2D eigenvalue weighted by atomic mass is 10.0. The third kappa shape index (κ3) is 2.85. The molecule has 0 unspecified atom stereocenters. The number of benzene rings is 3. The largest absolute Gasteiger partial charge is 0.496 e. The van der Waals surface area contributed by atoms with Gasteiger partial charge in [0.25, 0.3) is 0 Å². The maximum Gasteiger partial charge on any atom is 0.126 e. The molecule has 4 rings (SSSR count). The first-order valence-corrected chi connectivity index (χ1v) is 8.64. The molecule has 4 nitrogen and oxygen atoms in total. The van der Waals surface area contributed by atoms with Gasteiger partial charge in [0.2, 0.25) is 0 Å². The number of fused-ring (bicyclic) bond motifs is 1. The van der Waals surface area contributed by atoms with E-state index in [4.69, 9.17) is 10.5 Å². The molecule has 130 valence electrons. The van der Waals surface area contributed by atoms with E-state index in [9.17, 15) is 0 Å². The number of ether oxygens (including phenoxy) is 1. The van der Waals surface area contributed by atoms with Gasteiger partial charge in [0.15, 0.2) is 0 Å². The summed E-state index contributed by atoms with van der Waals surface area (Å²) < 4.78 is 7.60. The van der Waals surface area contributed by atoms with Gasteiger partial charge in [-0.1, -0.05) is 36.4 Å². The maximum absolute atomic E-state index is 5.99. The Balaban J connectivity index is 1.81. The molecular weight excluding hydrogens is 322 g/mol. The number of para-hydroxylation sites is 1. The maximum atomic E-state index is 5.99. The normalized spacial score (nSPS) is 12.3. The zero-order valence-corrected chi connectivity index (χ0v) is 14.9. The van der Waals surface area contributed by atoms with Crippen LogP contribution in [-0.4, -0.2) is 16.7 Å². The molecule has 0 aliphatic rings. The van der Waals surface area contributed by atoms with Gasteiger partial charge in [-0.2, -0.15) is 0 Å². The molecule has 1 heterocycles. The fraction of sp³-hybridized carbons (Fsp3) is 0.136. The summed E-state index contributed by atoms with van der Waals surface area (Å²) in [5.41, 5.74) is 12.3. The highest BCUT2D eigenvalue weighted by atomic mass is 16.5. The molecule has 26 heavy (non-hydrogen) atoms. The molecule has 4 heteroatoms. The summed E-state index contributed by atoms with van der Waals surface area (Å²) in [6, 6.07) is 22.6. The lowest BCUT2D eigenvalue weighted by molar-refractivity contribution is 0.416. The molecule has 0 saturated carbocycles. The lowest BCUT2D eigenvalue weighted by Crippen LogP contribution is -2.04. The summed E-state index contributed by atoms with van der Waals surface area (Å²) in [4.78, 5) is 4.56. The number of aromatic nitrogens is 2. The van der Waals surface area contributed by atoms with Crippen LogP contribution in [0.15, 0.2) is 73.1 Å². The van der Waals surface area contributed by atoms with E-state index in [1.165, 1.54) is 0 Å². The molecule has 1 atom stereocenters. The van der Waals surface area contributed by atoms with Crippen molar-refractivity contribution in [2.75, 3.05) is 7.11 Å². The summed E-state index contributed by atoms with van der Waals surface area (Å²) in [7, 11) is 1.70. The number of imidazole rings is 1. The minimum atomic E-state index is -0.00146. The van der Waals surface area contributed by atoms with E-state index in [-0.39, 0.29) is 6.04 Å². The number of hydrogen-bond acceptors (Lipinski definition) is 3. The second-order valence-corrected chi connectivity index (χ2v) is 6.40. The summed E-state index contributed by atoms with van der Waals surface area (Å²) in [6.45, 7) is 1.98. The Hall–Kier alpha value is -3.11. The average Bonchev–Trinajstić information content (AvgIpc) is 3.11. The number of nitrogens with two attached hydrogens (primary N) is 1. The molecule has 0 spiro atoms. The molecule has 4 aromatic rings. The van der Waals surface area contributed by atoms with E-state index in [1.807, 2.05) is 31.5 Å². The van der Waals surface area contributed by atoms with Crippen LogP contribution in [0.3, 0.4) is 0 Å². The Morgan fingerprint density at radius 1 is 1.00 bits per heavy atom. The molecule has 0 bridgehead atoms. The third-order valence-electron chi connectivity index (χ3n) is 4.64. The summed E-state index contributed by atoms with van der Waals surface area (Å²) >= 11 is 0. The standard InChI is InChI=1S/C22H21N3O/c1-15(23)16-10-11-21-20(13-16)24-14-25(21)18-7-5-6-17(12-18)19-8-3-4-9-22(19)26-2/h3-15H,23H2,1-2H3/t15-/m0/s1. The van der Waals surface area contributed by atoms with E-state index >= 15 is 0 Å². The Morgan fingerprint density at radius 3 is 2.65 bits per heavy atom. The van der Waals surface area contributed by atoms with Gasteiger partial charge in [0, 0.05) is 17.3 Å². The second-order valence-electron chi connectivity index (χ2n) is 6.40. The Morgan fingerprint density at radius 2 is 1.85 bits per heavy atom. The van der Waals surface area contributed by atoms with Crippen molar-refractivity contribution in [1.82, 2.24) is 9.55 Å². The Bertz CT molecular complexity index is 1070. The highest BCUT2D eigenvalue weighted by molar-refractivity contribution is 5.79. The first kappa shape index (κ1) is 16.4. The van der Waals surface area contributed by atoms with Crippen molar-refractivity contribution in [1.29, 1.82) is 0 Å². The fourth-order valence-electron chi connectivity index (χ4n) is 3.23. The van der Waals surface area contributed by atoms with Gasteiger partial charge >= 0.3 is 0 Å². The first-order valence-electron chi connectivity index (χ1n) is 8.64. The van der Waals surface area contributed by atoms with E-state index in [1.54, 1.807) is 7.11 Å². The van der Waals surface area contributed by atoms with Crippen molar-refractivity contribution >= 4 is 11.0 Å². The van der Waals surface area contributed by atoms with Crippen molar-refractivity contribution in [2.45, 2.75) is 13.0 Å². The lowest BCUT2D eigenvalue weighted by Gasteiger charge is -2.11. The van der Waals surface area contributed by atoms with Gasteiger partial charge in [-0.15, -0.1) is 0 Å². The van der Waals surface area contributed by atoms with Gasteiger partial charge in [-0.3, -0.25) is 4.57 Å². The molecular formula is C22H21N3O. The minimum absolute atomic E-state index is 0.00146. The minimum Gasteiger partial charge on any atom is -0.496 e. The number of rotatable bonds is 4. The summed E-state index contributed by atoms with van der Waals surface area (Å²) in [5, 5.41) is 0. The van der Waals surface area contributed by atoms with Crippen LogP contribution in [0.1, 0.15) is 18.5 Å². The van der Waals surface area contributed by atoms with Gasteiger partial charge in [-0.25, -0.2) is 4.98 Å². The smallest absolute Gasteiger partial charge is 0.126 e. The SMILES string of the molecule is COc1ccccc1-c1cccc(-n2cnc3cc([C@H](C)N)ccc32)c1. The van der Waals surface area contributed by atoms with Crippen molar-refractivity contribution in [2.24, 2.45) is 5.73 Å². The molecule has 0 aliphatic heterocycles. The molecule has 1 aromatic heterocycles. The quantitative estimate of drug-likeness (QED) is 0.583. The van der Waals surface area contributed by atoms with Gasteiger partial charge in [-0.05, 0) is 48.4 Å². The zero-order valence-electron chi connectivity index (χ0n) is 14.9. The monoisotopic (exact) mass is 343 g/mol. The molecule has 0 amide bonds. The Kier molecular flexibility index (Phi) is 4.19. The van der Waals surface area contributed by atoms with Crippen LogP contribution in [0.2, 0.25) is 0 Å². The number of methoxy groups -OCH3 is 1. The third-order valence-corrected chi connectivity index (χ3v) is 4.64. The molecule has 0 radical (unpaired) electrons. The number of nitrogens with zero attached hydrogens (tertiary/aromatic N) is 2. The highest BCUT2D eigenvalue weighted by Crippen LogP contribution is 2.31. The average molecular weight is 343 g/mol. The zero-order chi connectivity index (χ0) is 18.1. The predicted molar refractivity (Wildman–Crippen MR) is 106 cm³/mol. The second kappa shape index (κ2) is 6.65. The molecule has 0 aliphatic carbocycles. The van der Waals surface area contributed by atoms with Crippen LogP contribution in [-0.2, 0) is 0 Å². The van der Waals surface area contributed by atoms with Gasteiger partial charge in [0.1, 0.15) is 12.1 Å². The summed E-state index contributed by atoms with van der Waals surface area (Å²) in [6.07, 6.45) is 1.86. The van der Waals surface area contributed by atoms with Crippen LogP contribution in [0.5, 0.6) is 5.75 Å². The fourth-order valence-corrected chi connectivity index (χ4v) is 3.23. The first-order chi connectivity index (χ1) is 12.7. The van der Waals surface area contributed by atoms with E-state index < -0.39 is 0 Å². The van der Waals surface area contributed by atoms with E-state index in [0.29, 0.717) is 0 Å². The van der Waals surface area contributed by atoms with Crippen molar-refractivity contribution in [3.8, 4) is 22.6 Å². The molecule has 2 N–H and O–H groups in total. The highest BCUT2D eigenvalue weighted by Gasteiger charge is 2.10. The van der Waals surface area contributed by atoms with Crippen LogP contribution in [0.4, 0.5) is 0 Å². The van der Waals surface area contributed by atoms with Crippen LogP contribution >= 0.6 is 0 Å².